The summed E-state index contributed by atoms with van der Waals surface area (Å²) in [4.78, 5) is 4.23. The first-order valence-corrected chi connectivity index (χ1v) is 4.91. The van der Waals surface area contributed by atoms with Crippen molar-refractivity contribution < 1.29 is 14.4 Å². The largest absolute Gasteiger partial charge is 0.396 e. The molecule has 5 nitrogen and oxygen atoms in total. The van der Waals surface area contributed by atoms with Gasteiger partial charge in [-0.05, 0) is 12.8 Å². The summed E-state index contributed by atoms with van der Waals surface area (Å²) in [6, 6.07) is 0. The zero-order valence-electron chi connectivity index (χ0n) is 7.98. The van der Waals surface area contributed by atoms with Crippen molar-refractivity contribution in [1.29, 1.82) is 0 Å². The van der Waals surface area contributed by atoms with Crippen molar-refractivity contribution in [2.24, 2.45) is 0 Å². The first-order valence-electron chi connectivity index (χ1n) is 4.91. The van der Waals surface area contributed by atoms with Gasteiger partial charge in [-0.15, -0.1) is 0 Å². The number of aliphatic hydroxyl groups is 1. The van der Waals surface area contributed by atoms with E-state index in [-0.39, 0.29) is 6.61 Å². The van der Waals surface area contributed by atoms with Crippen molar-refractivity contribution in [1.82, 2.24) is 10.1 Å². The van der Waals surface area contributed by atoms with Crippen molar-refractivity contribution in [3.63, 3.8) is 0 Å². The van der Waals surface area contributed by atoms with E-state index in [0.717, 1.165) is 31.9 Å². The van der Waals surface area contributed by atoms with E-state index in [1.807, 2.05) is 0 Å². The standard InChI is InChI=1S/C9H14N2O3/c12-4-1-8-10-9(11-14-8)7-2-5-13-6-3-7/h7,12H,1-6H2. The van der Waals surface area contributed by atoms with Gasteiger partial charge >= 0.3 is 0 Å². The van der Waals surface area contributed by atoms with E-state index in [1.165, 1.54) is 0 Å². The molecule has 1 aromatic rings. The van der Waals surface area contributed by atoms with Crippen LogP contribution in [0, 0.1) is 0 Å². The van der Waals surface area contributed by atoms with Gasteiger partial charge in [0.1, 0.15) is 0 Å². The van der Waals surface area contributed by atoms with Crippen molar-refractivity contribution in [2.75, 3.05) is 19.8 Å². The Bertz CT molecular complexity index is 281. The van der Waals surface area contributed by atoms with Crippen LogP contribution in [0.15, 0.2) is 4.52 Å². The molecule has 1 aliphatic heterocycles. The molecule has 1 N–H and O–H groups in total. The molecule has 2 rings (SSSR count). The smallest absolute Gasteiger partial charge is 0.228 e. The molecule has 0 atom stereocenters. The number of rotatable bonds is 3. The lowest BCUT2D eigenvalue weighted by Crippen LogP contribution is -2.15. The maximum Gasteiger partial charge on any atom is 0.228 e. The average molecular weight is 198 g/mol. The van der Waals surface area contributed by atoms with Crippen LogP contribution < -0.4 is 0 Å². The molecular formula is C9H14N2O3. The van der Waals surface area contributed by atoms with Gasteiger partial charge in [0.25, 0.3) is 0 Å². The van der Waals surface area contributed by atoms with E-state index in [4.69, 9.17) is 14.4 Å². The molecule has 1 aromatic heterocycles. The van der Waals surface area contributed by atoms with Crippen LogP contribution >= 0.6 is 0 Å². The Hall–Kier alpha value is -0.940. The van der Waals surface area contributed by atoms with Crippen LogP contribution in [0.1, 0.15) is 30.5 Å². The third-order valence-electron chi connectivity index (χ3n) is 2.40. The second-order valence-electron chi connectivity index (χ2n) is 3.41. The minimum atomic E-state index is 0.0510. The lowest BCUT2D eigenvalue weighted by molar-refractivity contribution is 0.0830. The number of aromatic nitrogens is 2. The van der Waals surface area contributed by atoms with E-state index < -0.39 is 0 Å². The first-order chi connectivity index (χ1) is 6.90. The molecule has 5 heteroatoms. The summed E-state index contributed by atoms with van der Waals surface area (Å²) in [5.41, 5.74) is 0. The third kappa shape index (κ3) is 2.10. The molecule has 0 spiro atoms. The predicted molar refractivity (Wildman–Crippen MR) is 47.9 cm³/mol. The van der Waals surface area contributed by atoms with E-state index in [0.29, 0.717) is 18.2 Å². The van der Waals surface area contributed by atoms with Gasteiger partial charge in [-0.2, -0.15) is 4.98 Å². The van der Waals surface area contributed by atoms with Crippen LogP contribution in [0.4, 0.5) is 0 Å². The van der Waals surface area contributed by atoms with Gasteiger partial charge in [0.05, 0.1) is 13.0 Å². The summed E-state index contributed by atoms with van der Waals surface area (Å²) in [5.74, 6) is 1.64. The molecule has 2 heterocycles. The Morgan fingerprint density at radius 3 is 2.86 bits per heavy atom. The molecule has 0 amide bonds. The molecule has 0 aromatic carbocycles. The maximum absolute atomic E-state index is 8.69. The average Bonchev–Trinajstić information content (AvgIpc) is 2.68. The Balaban J connectivity index is 2.00. The summed E-state index contributed by atoms with van der Waals surface area (Å²) < 4.78 is 10.2. The molecule has 1 aliphatic rings. The van der Waals surface area contributed by atoms with Crippen LogP contribution in [0.3, 0.4) is 0 Å². The molecule has 1 fully saturated rings. The molecule has 14 heavy (non-hydrogen) atoms. The molecule has 0 bridgehead atoms. The van der Waals surface area contributed by atoms with Crippen LogP contribution in [0.2, 0.25) is 0 Å². The van der Waals surface area contributed by atoms with Gasteiger partial charge in [-0.25, -0.2) is 0 Å². The van der Waals surface area contributed by atoms with E-state index in [9.17, 15) is 0 Å². The van der Waals surface area contributed by atoms with Crippen molar-refractivity contribution in [3.8, 4) is 0 Å². The highest BCUT2D eigenvalue weighted by Crippen LogP contribution is 2.24. The van der Waals surface area contributed by atoms with Crippen molar-refractivity contribution in [3.05, 3.63) is 11.7 Å². The lowest BCUT2D eigenvalue weighted by Gasteiger charge is -2.18. The van der Waals surface area contributed by atoms with Gasteiger partial charge in [-0.1, -0.05) is 5.16 Å². The highest BCUT2D eigenvalue weighted by atomic mass is 16.5. The Kier molecular flexibility index (Phi) is 3.10. The molecule has 1 saturated heterocycles. The summed E-state index contributed by atoms with van der Waals surface area (Å²) in [5, 5.41) is 12.6. The zero-order valence-corrected chi connectivity index (χ0v) is 7.98. The summed E-state index contributed by atoms with van der Waals surface area (Å²) in [7, 11) is 0. The summed E-state index contributed by atoms with van der Waals surface area (Å²) in [6.07, 6.45) is 2.35. The van der Waals surface area contributed by atoms with E-state index in [1.54, 1.807) is 0 Å². The highest BCUT2D eigenvalue weighted by molar-refractivity contribution is 4.96. The van der Waals surface area contributed by atoms with E-state index >= 15 is 0 Å². The van der Waals surface area contributed by atoms with Crippen LogP contribution in [-0.2, 0) is 11.2 Å². The fourth-order valence-corrected chi connectivity index (χ4v) is 1.59. The van der Waals surface area contributed by atoms with Gasteiger partial charge in [0.2, 0.25) is 5.89 Å². The third-order valence-corrected chi connectivity index (χ3v) is 2.40. The van der Waals surface area contributed by atoms with Gasteiger partial charge in [-0.3, -0.25) is 0 Å². The van der Waals surface area contributed by atoms with Crippen LogP contribution in [-0.4, -0.2) is 35.1 Å². The number of aliphatic hydroxyl groups excluding tert-OH is 1. The summed E-state index contributed by atoms with van der Waals surface area (Å²) in [6.45, 7) is 1.60. The minimum Gasteiger partial charge on any atom is -0.396 e. The quantitative estimate of drug-likeness (QED) is 0.765. The number of nitrogens with zero attached hydrogens (tertiary/aromatic N) is 2. The Labute approximate surface area is 82.1 Å². The number of ether oxygens (including phenoxy) is 1. The molecule has 0 aliphatic carbocycles. The molecule has 0 unspecified atom stereocenters. The van der Waals surface area contributed by atoms with Crippen LogP contribution in [0.25, 0.3) is 0 Å². The second-order valence-corrected chi connectivity index (χ2v) is 3.41. The molecule has 0 radical (unpaired) electrons. The van der Waals surface area contributed by atoms with Gasteiger partial charge in [0.15, 0.2) is 5.82 Å². The Morgan fingerprint density at radius 1 is 1.36 bits per heavy atom. The monoisotopic (exact) mass is 198 g/mol. The maximum atomic E-state index is 8.69. The fraction of sp³-hybridized carbons (Fsp3) is 0.778. The molecule has 78 valence electrons. The van der Waals surface area contributed by atoms with Crippen molar-refractivity contribution in [2.45, 2.75) is 25.2 Å². The molecular weight excluding hydrogens is 184 g/mol. The lowest BCUT2D eigenvalue weighted by atomic mass is 10.00. The highest BCUT2D eigenvalue weighted by Gasteiger charge is 2.20. The SMILES string of the molecule is OCCc1nc(C2CCOCC2)no1. The number of hydrogen-bond acceptors (Lipinski definition) is 5. The van der Waals surface area contributed by atoms with Gasteiger partial charge in [0, 0.05) is 19.1 Å². The summed E-state index contributed by atoms with van der Waals surface area (Å²) >= 11 is 0. The van der Waals surface area contributed by atoms with Crippen molar-refractivity contribution >= 4 is 0 Å². The topological polar surface area (TPSA) is 68.4 Å². The number of hydrogen-bond donors (Lipinski definition) is 1. The van der Waals surface area contributed by atoms with Gasteiger partial charge < -0.3 is 14.4 Å². The second kappa shape index (κ2) is 4.52. The Morgan fingerprint density at radius 2 is 2.14 bits per heavy atom. The predicted octanol–water partition coefficient (Wildman–Crippen LogP) is 0.498. The zero-order chi connectivity index (χ0) is 9.80. The first kappa shape index (κ1) is 9.61. The molecule has 0 saturated carbocycles. The van der Waals surface area contributed by atoms with E-state index in [2.05, 4.69) is 10.1 Å². The minimum absolute atomic E-state index is 0.0510. The normalized spacial score (nSPS) is 18.6. The van der Waals surface area contributed by atoms with Crippen LogP contribution in [0.5, 0.6) is 0 Å². The fourth-order valence-electron chi connectivity index (χ4n) is 1.59.